The molecule has 0 bridgehead atoms. The van der Waals surface area contributed by atoms with Gasteiger partial charge in [0.1, 0.15) is 0 Å². The van der Waals surface area contributed by atoms with E-state index >= 15 is 0 Å². The summed E-state index contributed by atoms with van der Waals surface area (Å²) in [7, 11) is 0. The molecule has 2 rings (SSSR count). The largest absolute Gasteiger partial charge is 0.327 e. The molecule has 0 spiro atoms. The van der Waals surface area contributed by atoms with E-state index in [2.05, 4.69) is 46.0 Å². The van der Waals surface area contributed by atoms with Gasteiger partial charge in [-0.25, -0.2) is 0 Å². The fourth-order valence-electron chi connectivity index (χ4n) is 5.56. The second kappa shape index (κ2) is 11.6. The molecule has 0 saturated heterocycles. The number of allylic oxidation sites excluding steroid dienone is 2. The van der Waals surface area contributed by atoms with Gasteiger partial charge in [0.25, 0.3) is 0 Å². The van der Waals surface area contributed by atoms with Crippen LogP contribution in [0.4, 0.5) is 0 Å². The van der Waals surface area contributed by atoms with E-state index in [-0.39, 0.29) is 0 Å². The monoisotopic (exact) mass is 376 g/mol. The summed E-state index contributed by atoms with van der Waals surface area (Å²) in [4.78, 5) is 0. The maximum atomic E-state index is 6.21. The molecule has 2 fully saturated rings. The summed E-state index contributed by atoms with van der Waals surface area (Å²) < 4.78 is 0. The van der Waals surface area contributed by atoms with Gasteiger partial charge in [-0.2, -0.15) is 0 Å². The van der Waals surface area contributed by atoms with Gasteiger partial charge in [-0.1, -0.05) is 32.4 Å². The highest BCUT2D eigenvalue weighted by Gasteiger charge is 2.31. The predicted octanol–water partition coefficient (Wildman–Crippen LogP) is 6.31. The van der Waals surface area contributed by atoms with Gasteiger partial charge in [0.2, 0.25) is 0 Å². The lowest BCUT2D eigenvalue weighted by atomic mass is 9.71. The van der Waals surface area contributed by atoms with Crippen molar-refractivity contribution in [2.75, 3.05) is 6.54 Å². The Balaban J connectivity index is 1.61. The van der Waals surface area contributed by atoms with E-state index in [1.807, 2.05) is 0 Å². The predicted molar refractivity (Wildman–Crippen MR) is 120 cm³/mol. The molecule has 2 heteroatoms. The minimum atomic E-state index is 0.463. The molecule has 3 N–H and O–H groups in total. The number of hydrogen-bond acceptors (Lipinski definition) is 2. The first-order valence-corrected chi connectivity index (χ1v) is 12.0. The van der Waals surface area contributed by atoms with Crippen LogP contribution in [0.25, 0.3) is 0 Å². The Hall–Kier alpha value is -0.340. The maximum absolute atomic E-state index is 6.21. The Bertz CT molecular complexity index is 440. The van der Waals surface area contributed by atoms with Gasteiger partial charge in [-0.3, -0.25) is 0 Å². The van der Waals surface area contributed by atoms with Gasteiger partial charge >= 0.3 is 0 Å². The Kier molecular flexibility index (Phi) is 9.87. The third-order valence-electron chi connectivity index (χ3n) is 7.54. The molecular formula is C25H48N2. The van der Waals surface area contributed by atoms with E-state index in [4.69, 9.17) is 5.73 Å². The van der Waals surface area contributed by atoms with E-state index in [1.165, 1.54) is 76.3 Å². The summed E-state index contributed by atoms with van der Waals surface area (Å²) in [6.07, 6.45) is 16.0. The van der Waals surface area contributed by atoms with Crippen molar-refractivity contribution in [1.29, 1.82) is 0 Å². The van der Waals surface area contributed by atoms with Crippen molar-refractivity contribution in [3.63, 3.8) is 0 Å². The highest BCUT2D eigenvalue weighted by atomic mass is 14.9. The molecule has 0 aromatic rings. The summed E-state index contributed by atoms with van der Waals surface area (Å²) in [5.74, 6) is 4.32. The molecule has 0 heterocycles. The standard InChI is InChI=1S/C25H48N2/c1-18(2)7-6-8-19(3)13-14-27-25-12-10-23(16-21(25)5)17-22-9-11-24(26)20(4)15-22/h7,19-25,27H,6,8-17,26H2,1-5H3/t19-,20?,21?,22?,23?,24?,25?/m0/s1. The van der Waals surface area contributed by atoms with Crippen molar-refractivity contribution in [2.24, 2.45) is 35.3 Å². The molecule has 7 atom stereocenters. The van der Waals surface area contributed by atoms with Crippen molar-refractivity contribution in [3.8, 4) is 0 Å². The lowest BCUT2D eigenvalue weighted by Gasteiger charge is -2.39. The lowest BCUT2D eigenvalue weighted by molar-refractivity contribution is 0.157. The molecule has 0 amide bonds. The molecule has 0 aromatic carbocycles. The van der Waals surface area contributed by atoms with Crippen LogP contribution in [-0.2, 0) is 0 Å². The van der Waals surface area contributed by atoms with Crippen LogP contribution in [0.1, 0.15) is 98.8 Å². The lowest BCUT2D eigenvalue weighted by Crippen LogP contribution is -2.41. The van der Waals surface area contributed by atoms with Crippen LogP contribution in [0.5, 0.6) is 0 Å². The average molecular weight is 377 g/mol. The molecule has 0 radical (unpaired) electrons. The number of hydrogen-bond donors (Lipinski definition) is 2. The van der Waals surface area contributed by atoms with Gasteiger partial charge in [-0.15, -0.1) is 0 Å². The summed E-state index contributed by atoms with van der Waals surface area (Å²) in [6, 6.07) is 1.22. The van der Waals surface area contributed by atoms with Crippen LogP contribution in [0.2, 0.25) is 0 Å². The van der Waals surface area contributed by atoms with Crippen LogP contribution in [0.3, 0.4) is 0 Å². The number of nitrogens with one attached hydrogen (secondary N) is 1. The van der Waals surface area contributed by atoms with Crippen LogP contribution in [-0.4, -0.2) is 18.6 Å². The van der Waals surface area contributed by atoms with Crippen LogP contribution >= 0.6 is 0 Å². The van der Waals surface area contributed by atoms with Crippen LogP contribution < -0.4 is 11.1 Å². The van der Waals surface area contributed by atoms with E-state index < -0.39 is 0 Å². The normalized spacial score (nSPS) is 35.6. The molecule has 2 aliphatic carbocycles. The molecule has 27 heavy (non-hydrogen) atoms. The zero-order valence-electron chi connectivity index (χ0n) is 19.0. The Morgan fingerprint density at radius 1 is 1.00 bits per heavy atom. The van der Waals surface area contributed by atoms with Crippen molar-refractivity contribution >= 4 is 0 Å². The van der Waals surface area contributed by atoms with Gasteiger partial charge in [0.15, 0.2) is 0 Å². The van der Waals surface area contributed by atoms with Crippen molar-refractivity contribution < 1.29 is 0 Å². The summed E-state index contributed by atoms with van der Waals surface area (Å²) in [5, 5.41) is 3.91. The third-order valence-corrected chi connectivity index (χ3v) is 7.54. The van der Waals surface area contributed by atoms with E-state index in [9.17, 15) is 0 Å². The topological polar surface area (TPSA) is 38.0 Å². The average Bonchev–Trinajstić information content (AvgIpc) is 2.60. The van der Waals surface area contributed by atoms with Crippen LogP contribution in [0.15, 0.2) is 11.6 Å². The minimum absolute atomic E-state index is 0.463. The molecule has 158 valence electrons. The summed E-state index contributed by atoms with van der Waals surface area (Å²) in [5.41, 5.74) is 7.67. The number of rotatable bonds is 9. The van der Waals surface area contributed by atoms with Crippen molar-refractivity contribution in [2.45, 2.75) is 111 Å². The zero-order valence-corrected chi connectivity index (χ0v) is 19.0. The van der Waals surface area contributed by atoms with Crippen molar-refractivity contribution in [1.82, 2.24) is 5.32 Å². The highest BCUT2D eigenvalue weighted by molar-refractivity contribution is 4.93. The molecule has 2 saturated carbocycles. The van der Waals surface area contributed by atoms with E-state index in [1.54, 1.807) is 0 Å². The van der Waals surface area contributed by atoms with Gasteiger partial charge in [0.05, 0.1) is 0 Å². The fraction of sp³-hybridized carbons (Fsp3) is 0.920. The first-order chi connectivity index (χ1) is 12.8. The second-order valence-electron chi connectivity index (χ2n) is 10.5. The molecule has 6 unspecified atom stereocenters. The minimum Gasteiger partial charge on any atom is -0.327 e. The summed E-state index contributed by atoms with van der Waals surface area (Å²) in [6.45, 7) is 12.9. The van der Waals surface area contributed by atoms with Gasteiger partial charge < -0.3 is 11.1 Å². The Morgan fingerprint density at radius 3 is 2.30 bits per heavy atom. The van der Waals surface area contributed by atoms with E-state index in [0.29, 0.717) is 6.04 Å². The van der Waals surface area contributed by atoms with Crippen LogP contribution in [0, 0.1) is 29.6 Å². The molecule has 0 aliphatic heterocycles. The highest BCUT2D eigenvalue weighted by Crippen LogP contribution is 2.38. The Labute approximate surface area is 170 Å². The SMILES string of the molecule is CC(C)=CCC[C@H](C)CCNC1CCC(CC2CCC(N)C(C)C2)CC1C. The third kappa shape index (κ3) is 8.28. The van der Waals surface area contributed by atoms with E-state index in [0.717, 1.165) is 35.6 Å². The smallest absolute Gasteiger partial charge is 0.00928 e. The molecule has 0 aromatic heterocycles. The van der Waals surface area contributed by atoms with Gasteiger partial charge in [-0.05, 0) is 114 Å². The van der Waals surface area contributed by atoms with Crippen molar-refractivity contribution in [3.05, 3.63) is 11.6 Å². The maximum Gasteiger partial charge on any atom is 0.00928 e. The fourth-order valence-corrected chi connectivity index (χ4v) is 5.56. The number of nitrogens with two attached hydrogens (primary N) is 1. The second-order valence-corrected chi connectivity index (χ2v) is 10.5. The first kappa shape index (κ1) is 22.9. The molecular weight excluding hydrogens is 328 g/mol. The Morgan fingerprint density at radius 2 is 1.67 bits per heavy atom. The van der Waals surface area contributed by atoms with Gasteiger partial charge in [0, 0.05) is 12.1 Å². The summed E-state index contributed by atoms with van der Waals surface area (Å²) >= 11 is 0. The quantitative estimate of drug-likeness (QED) is 0.463. The zero-order chi connectivity index (χ0) is 19.8. The molecule has 2 nitrogen and oxygen atoms in total. The first-order valence-electron chi connectivity index (χ1n) is 12.0. The molecule has 2 aliphatic rings.